The summed E-state index contributed by atoms with van der Waals surface area (Å²) in [6, 6.07) is -0.922. The van der Waals surface area contributed by atoms with Crippen LogP contribution in [0.15, 0.2) is 146 Å². The van der Waals surface area contributed by atoms with Gasteiger partial charge in [0.05, 0.1) is 39.9 Å². The number of likely N-dealkylation sites (N-methyl/N-ethyl adjacent to an activating group) is 1. The van der Waals surface area contributed by atoms with Crippen molar-refractivity contribution in [2.45, 2.75) is 341 Å². The maximum Gasteiger partial charge on any atom is 0.268 e. The van der Waals surface area contributed by atoms with Gasteiger partial charge in [0.2, 0.25) is 5.91 Å². The van der Waals surface area contributed by atoms with Crippen LogP contribution in [0.25, 0.3) is 0 Å². The fourth-order valence-corrected chi connectivity index (χ4v) is 11.6. The average Bonchev–Trinajstić information content (AvgIpc) is 2.75. The Hall–Kier alpha value is -3.62. The molecule has 2 N–H and O–H groups in total. The Bertz CT molecular complexity index is 2030. The molecule has 0 aromatic carbocycles. The number of phosphoric ester groups is 1. The van der Waals surface area contributed by atoms with E-state index in [4.69, 9.17) is 9.05 Å². The van der Waals surface area contributed by atoms with Crippen molar-refractivity contribution in [3.8, 4) is 0 Å². The van der Waals surface area contributed by atoms with Gasteiger partial charge in [-0.15, -0.1) is 0 Å². The molecule has 3 unspecified atom stereocenters. The van der Waals surface area contributed by atoms with E-state index < -0.39 is 26.6 Å². The number of amides is 1. The van der Waals surface area contributed by atoms with E-state index in [9.17, 15) is 19.4 Å². The number of quaternary nitrogens is 1. The van der Waals surface area contributed by atoms with Crippen LogP contribution in [0.2, 0.25) is 0 Å². The second-order valence-corrected chi connectivity index (χ2v) is 28.4. The fraction of sp³-hybridized carbons (Fsp3) is 0.702. The first kappa shape index (κ1) is 89.4. The van der Waals surface area contributed by atoms with Gasteiger partial charge in [-0.05, 0) is 116 Å². The number of carbonyl (C=O) groups is 1. The van der Waals surface area contributed by atoms with Crippen molar-refractivity contribution >= 4 is 13.7 Å². The van der Waals surface area contributed by atoms with Gasteiger partial charge in [-0.25, -0.2) is 0 Å². The zero-order valence-corrected chi connectivity index (χ0v) is 62.1. The van der Waals surface area contributed by atoms with Crippen molar-refractivity contribution < 1.29 is 32.9 Å². The number of aliphatic hydroxyl groups is 1. The van der Waals surface area contributed by atoms with E-state index in [2.05, 4.69) is 153 Å². The third kappa shape index (κ3) is 75.6. The van der Waals surface area contributed by atoms with Gasteiger partial charge in [-0.3, -0.25) is 9.36 Å². The maximum absolute atomic E-state index is 13.1. The summed E-state index contributed by atoms with van der Waals surface area (Å²) >= 11 is 0. The number of phosphoric acid groups is 1. The van der Waals surface area contributed by atoms with Gasteiger partial charge < -0.3 is 28.8 Å². The van der Waals surface area contributed by atoms with Crippen molar-refractivity contribution in [1.29, 1.82) is 0 Å². The molecule has 0 aromatic rings. The van der Waals surface area contributed by atoms with E-state index in [1.54, 1.807) is 6.08 Å². The number of carbonyl (C=O) groups excluding carboxylic acids is 1. The quantitative estimate of drug-likeness (QED) is 0.0272. The molecule has 0 heterocycles. The number of nitrogens with one attached hydrogen (secondary N) is 1. The normalized spacial score (nSPS) is 14.4. The van der Waals surface area contributed by atoms with Crippen molar-refractivity contribution in [2.75, 3.05) is 40.9 Å². The average molecular weight is 1310 g/mol. The van der Waals surface area contributed by atoms with Crippen LogP contribution in [0.1, 0.15) is 328 Å². The molecule has 1 amide bonds. The number of hydrogen-bond acceptors (Lipinski definition) is 6. The smallest absolute Gasteiger partial charge is 0.268 e. The lowest BCUT2D eigenvalue weighted by Gasteiger charge is -2.29. The Balaban J connectivity index is 4.11. The second-order valence-electron chi connectivity index (χ2n) is 27.0. The van der Waals surface area contributed by atoms with Gasteiger partial charge in [0.15, 0.2) is 0 Å². The van der Waals surface area contributed by atoms with Crippen LogP contribution in [0, 0.1) is 0 Å². The molecule has 0 aliphatic carbocycles. The van der Waals surface area contributed by atoms with Crippen molar-refractivity contribution in [3.05, 3.63) is 146 Å². The summed E-state index contributed by atoms with van der Waals surface area (Å²) in [4.78, 5) is 25.7. The molecule has 0 aliphatic rings. The van der Waals surface area contributed by atoms with Gasteiger partial charge in [0.25, 0.3) is 7.82 Å². The molecule has 0 bridgehead atoms. The number of aliphatic hydroxyl groups excluding tert-OH is 1. The van der Waals surface area contributed by atoms with E-state index in [1.807, 2.05) is 27.2 Å². The number of unbranched alkanes of at least 4 members (excludes halogenated alkanes) is 35. The van der Waals surface area contributed by atoms with Crippen LogP contribution in [0.3, 0.4) is 0 Å². The molecule has 0 aromatic heterocycles. The van der Waals surface area contributed by atoms with Crippen LogP contribution >= 0.6 is 7.82 Å². The van der Waals surface area contributed by atoms with Gasteiger partial charge in [-0.1, -0.05) is 352 Å². The van der Waals surface area contributed by atoms with E-state index >= 15 is 0 Å². The second kappa shape index (κ2) is 72.6. The largest absolute Gasteiger partial charge is 0.756 e. The third-order valence-corrected chi connectivity index (χ3v) is 17.7. The Morgan fingerprint density at radius 3 is 1.00 bits per heavy atom. The monoisotopic (exact) mass is 1310 g/mol. The van der Waals surface area contributed by atoms with Crippen molar-refractivity contribution in [2.24, 2.45) is 0 Å². The van der Waals surface area contributed by atoms with Crippen molar-refractivity contribution in [1.82, 2.24) is 5.32 Å². The zero-order chi connectivity index (χ0) is 67.6. The molecule has 0 aliphatic heterocycles. The standard InChI is InChI=1S/C84H147N2O6P/c1-6-8-10-12-14-16-18-20-22-24-26-28-30-32-34-36-38-39-40-41-42-43-44-45-46-47-48-50-52-54-56-58-60-62-64-66-68-70-72-74-76-78-84(88)85-82(81-92-93(89,90)91-80-79-86(3,4)5)83(87)77-75-73-71-69-67-65-63-61-59-57-55-53-51-49-37-35-33-31-29-27-25-23-21-19-17-15-13-11-9-7-2/h8,10,14,16,20,22,26,28,32,34,38-39,41-42,44-45,47-48,59,61,67,69,75,77,82-83,87H,6-7,9,11-13,15,17-19,21,23-25,27,29-31,33,35-37,40,43,46,49-58,60,62-66,68,70-74,76,78-81H2,1-5H3,(H-,85,88,89,90)/b10-8-,16-14-,22-20-,28-26-,34-32-,39-38-,42-41-,45-44-,48-47-,61-59+,69-67+,77-75+. The minimum Gasteiger partial charge on any atom is -0.756 e. The summed E-state index contributed by atoms with van der Waals surface area (Å²) in [5.74, 6) is -0.215. The van der Waals surface area contributed by atoms with Crippen LogP contribution in [-0.4, -0.2) is 68.5 Å². The minimum absolute atomic E-state index is 0.0147. The van der Waals surface area contributed by atoms with E-state index in [0.29, 0.717) is 17.4 Å². The molecular weight excluding hydrogens is 1160 g/mol. The molecule has 8 nitrogen and oxygen atoms in total. The van der Waals surface area contributed by atoms with Gasteiger partial charge >= 0.3 is 0 Å². The molecule has 0 saturated carbocycles. The molecule has 0 fully saturated rings. The van der Waals surface area contributed by atoms with Crippen LogP contribution < -0.4 is 10.2 Å². The van der Waals surface area contributed by atoms with Crippen LogP contribution in [-0.2, 0) is 18.4 Å². The molecule has 534 valence electrons. The minimum atomic E-state index is -4.63. The molecule has 0 radical (unpaired) electrons. The number of hydrogen-bond donors (Lipinski definition) is 2. The number of allylic oxidation sites excluding steroid dienone is 23. The van der Waals surface area contributed by atoms with E-state index in [0.717, 1.165) is 103 Å². The molecule has 9 heteroatoms. The predicted molar refractivity (Wildman–Crippen MR) is 408 cm³/mol. The summed E-state index contributed by atoms with van der Waals surface area (Å²) < 4.78 is 23.5. The first-order valence-electron chi connectivity index (χ1n) is 38.7. The molecule has 0 spiro atoms. The first-order chi connectivity index (χ1) is 45.5. The maximum atomic E-state index is 13.1. The van der Waals surface area contributed by atoms with Gasteiger partial charge in [-0.2, -0.15) is 0 Å². The lowest BCUT2D eigenvalue weighted by Crippen LogP contribution is -2.45. The van der Waals surface area contributed by atoms with Gasteiger partial charge in [0.1, 0.15) is 13.2 Å². The lowest BCUT2D eigenvalue weighted by molar-refractivity contribution is -0.870. The van der Waals surface area contributed by atoms with Crippen molar-refractivity contribution in [3.63, 3.8) is 0 Å². The summed E-state index contributed by atoms with van der Waals surface area (Å²) in [5, 5.41) is 14.0. The summed E-state index contributed by atoms with van der Waals surface area (Å²) in [7, 11) is 1.23. The van der Waals surface area contributed by atoms with Crippen LogP contribution in [0.4, 0.5) is 0 Å². The molecule has 3 atom stereocenters. The summed E-state index contributed by atoms with van der Waals surface area (Å²) in [5.41, 5.74) is 0. The zero-order valence-electron chi connectivity index (χ0n) is 61.2. The highest BCUT2D eigenvalue weighted by atomic mass is 31.2. The molecule has 93 heavy (non-hydrogen) atoms. The highest BCUT2D eigenvalue weighted by molar-refractivity contribution is 7.45. The summed E-state index contributed by atoms with van der Waals surface area (Å²) in [6.07, 6.45) is 111. The highest BCUT2D eigenvalue weighted by Gasteiger charge is 2.23. The van der Waals surface area contributed by atoms with Gasteiger partial charge in [0, 0.05) is 6.42 Å². The van der Waals surface area contributed by atoms with Crippen LogP contribution in [0.5, 0.6) is 0 Å². The molecular formula is C84H147N2O6P. The number of nitrogens with zero attached hydrogens (tertiary/aromatic N) is 1. The Morgan fingerprint density at radius 2 is 0.667 bits per heavy atom. The fourth-order valence-electron chi connectivity index (χ4n) is 10.8. The predicted octanol–water partition coefficient (Wildman–Crippen LogP) is 24.9. The van der Waals surface area contributed by atoms with E-state index in [1.165, 1.54) is 205 Å². The first-order valence-corrected chi connectivity index (χ1v) is 40.2. The Morgan fingerprint density at radius 1 is 0.387 bits per heavy atom. The third-order valence-electron chi connectivity index (χ3n) is 16.8. The lowest BCUT2D eigenvalue weighted by atomic mass is 10.0. The topological polar surface area (TPSA) is 108 Å². The SMILES string of the molecule is CC/C=C\C/C=C\C/C=C\C/C=C\C/C=C\C/C=C\C/C=C\C/C=C\C/C=C\CCCCCCCCCCCCCCCC(=O)NC(COP(=O)([O-])OCC[N+](C)(C)C)C(O)/C=C/CC/C=C/CC/C=C/CCCCCCCCCCCCCCCCCCCCCC. The highest BCUT2D eigenvalue weighted by Crippen LogP contribution is 2.38. The molecule has 0 saturated heterocycles. The number of rotatable bonds is 70. The van der Waals surface area contributed by atoms with E-state index in [-0.39, 0.29) is 12.5 Å². The Kier molecular flexibility index (Phi) is 69.8. The molecule has 0 rings (SSSR count). The summed E-state index contributed by atoms with van der Waals surface area (Å²) in [6.45, 7) is 4.53. The Labute approximate surface area is 576 Å².